The van der Waals surface area contributed by atoms with E-state index < -0.39 is 17.4 Å². The molecule has 2 N–H and O–H groups in total. The molecule has 4 aliphatic heterocycles. The van der Waals surface area contributed by atoms with Crippen LogP contribution in [-0.2, 0) is 19.1 Å². The molecule has 3 amide bonds. The van der Waals surface area contributed by atoms with E-state index in [0.717, 1.165) is 4.88 Å². The Morgan fingerprint density at radius 1 is 1.44 bits per heavy atom. The molecule has 3 saturated heterocycles. The van der Waals surface area contributed by atoms with Gasteiger partial charge in [0.05, 0.1) is 36.6 Å². The summed E-state index contributed by atoms with van der Waals surface area (Å²) < 4.78 is 6.06. The lowest BCUT2D eigenvalue weighted by atomic mass is 9.76. The number of fused-ring (bicyclic) bond motifs is 1. The monoisotopic (exact) mass is 387 g/mol. The molecule has 1 aromatic heterocycles. The quantitative estimate of drug-likeness (QED) is 0.744. The second-order valence-electron chi connectivity index (χ2n) is 7.81. The van der Waals surface area contributed by atoms with Crippen molar-refractivity contribution in [3.63, 3.8) is 0 Å². The number of rotatable bonds is 3. The predicted octanol–water partition coefficient (Wildman–Crippen LogP) is 0.596. The molecular weight excluding hydrogens is 366 g/mol. The van der Waals surface area contributed by atoms with Crippen molar-refractivity contribution in [2.24, 2.45) is 11.8 Å². The number of ether oxygens (including phenoxy) is 1. The number of piperidine rings is 1. The van der Waals surface area contributed by atoms with Crippen LogP contribution in [0.5, 0.6) is 0 Å². The van der Waals surface area contributed by atoms with Crippen LogP contribution in [0.1, 0.15) is 23.8 Å². The zero-order chi connectivity index (χ0) is 18.8. The minimum atomic E-state index is -0.660. The summed E-state index contributed by atoms with van der Waals surface area (Å²) in [5, 5.41) is 8.07. The van der Waals surface area contributed by atoms with E-state index in [9.17, 15) is 14.4 Å². The van der Waals surface area contributed by atoms with Crippen LogP contribution in [0, 0.1) is 11.8 Å². The molecule has 0 saturated carbocycles. The van der Waals surface area contributed by atoms with Crippen molar-refractivity contribution in [1.29, 1.82) is 0 Å². The van der Waals surface area contributed by atoms with Gasteiger partial charge >= 0.3 is 0 Å². The van der Waals surface area contributed by atoms with Crippen LogP contribution >= 0.6 is 11.3 Å². The van der Waals surface area contributed by atoms with Crippen molar-refractivity contribution in [1.82, 2.24) is 15.5 Å². The fourth-order valence-electron chi connectivity index (χ4n) is 4.96. The molecule has 4 unspecified atom stereocenters. The van der Waals surface area contributed by atoms with Gasteiger partial charge in [0.25, 0.3) is 0 Å². The molecular formula is C19H21N3O4S. The molecule has 6 atom stereocenters. The molecule has 8 heteroatoms. The second kappa shape index (κ2) is 5.90. The van der Waals surface area contributed by atoms with Gasteiger partial charge in [0.2, 0.25) is 17.7 Å². The maximum atomic E-state index is 13.2. The first-order valence-corrected chi connectivity index (χ1v) is 10.1. The van der Waals surface area contributed by atoms with Crippen molar-refractivity contribution >= 4 is 29.1 Å². The third-order valence-corrected chi connectivity index (χ3v) is 7.13. The van der Waals surface area contributed by atoms with Gasteiger partial charge in [-0.05, 0) is 17.9 Å². The van der Waals surface area contributed by atoms with Crippen LogP contribution in [0.25, 0.3) is 0 Å². The third-order valence-electron chi connectivity index (χ3n) is 6.17. The molecule has 0 radical (unpaired) electrons. The predicted molar refractivity (Wildman–Crippen MR) is 97.7 cm³/mol. The van der Waals surface area contributed by atoms with Gasteiger partial charge in [-0.2, -0.15) is 0 Å². The Hall–Kier alpha value is -2.19. The first kappa shape index (κ1) is 16.9. The van der Waals surface area contributed by atoms with Crippen LogP contribution in [0.3, 0.4) is 0 Å². The third kappa shape index (κ3) is 2.46. The van der Waals surface area contributed by atoms with E-state index in [4.69, 9.17) is 4.74 Å². The van der Waals surface area contributed by atoms with E-state index >= 15 is 0 Å². The van der Waals surface area contributed by atoms with Crippen molar-refractivity contribution in [3.8, 4) is 0 Å². The molecule has 5 rings (SSSR count). The Morgan fingerprint density at radius 3 is 3.07 bits per heavy atom. The number of hydrogen-bond donors (Lipinski definition) is 2. The Morgan fingerprint density at radius 2 is 2.30 bits per heavy atom. The van der Waals surface area contributed by atoms with Gasteiger partial charge in [0.1, 0.15) is 5.60 Å². The van der Waals surface area contributed by atoms with Crippen LogP contribution in [-0.4, -0.2) is 54.0 Å². The number of nitrogens with one attached hydrogen (secondary N) is 2. The van der Waals surface area contributed by atoms with E-state index in [0.29, 0.717) is 19.4 Å². The highest BCUT2D eigenvalue weighted by atomic mass is 32.1. The second-order valence-corrected chi connectivity index (χ2v) is 8.79. The average Bonchev–Trinajstić information content (AvgIpc) is 3.39. The average molecular weight is 387 g/mol. The van der Waals surface area contributed by atoms with E-state index in [-0.39, 0.29) is 35.9 Å². The number of amides is 3. The van der Waals surface area contributed by atoms with Crippen molar-refractivity contribution in [2.75, 3.05) is 13.6 Å². The first-order chi connectivity index (χ1) is 13.0. The highest BCUT2D eigenvalue weighted by Gasteiger charge is 2.66. The molecule has 4 aliphatic rings. The number of hydrogen-bond acceptors (Lipinski definition) is 5. The first-order valence-electron chi connectivity index (χ1n) is 9.24. The SMILES string of the molecule is CN1CC23C=CC(O2)C(C(=O)N[C@@H]2CCC(=O)N[C@H]2c2cccs2)C3C1=O. The number of carbonyl (C=O) groups excluding carboxylic acids is 3. The van der Waals surface area contributed by atoms with E-state index in [1.807, 2.05) is 29.7 Å². The number of carbonyl (C=O) groups is 3. The summed E-state index contributed by atoms with van der Waals surface area (Å²) in [7, 11) is 1.75. The summed E-state index contributed by atoms with van der Waals surface area (Å²) in [6.07, 6.45) is 4.46. The molecule has 0 aliphatic carbocycles. The molecule has 27 heavy (non-hydrogen) atoms. The summed E-state index contributed by atoms with van der Waals surface area (Å²) in [6.45, 7) is 0.491. The van der Waals surface area contributed by atoms with Gasteiger partial charge in [-0.15, -0.1) is 11.3 Å². The summed E-state index contributed by atoms with van der Waals surface area (Å²) in [5.41, 5.74) is -0.660. The smallest absolute Gasteiger partial charge is 0.229 e. The maximum Gasteiger partial charge on any atom is 0.229 e. The van der Waals surface area contributed by atoms with Crippen molar-refractivity contribution in [2.45, 2.75) is 36.6 Å². The van der Waals surface area contributed by atoms with Crippen LogP contribution in [0.2, 0.25) is 0 Å². The topological polar surface area (TPSA) is 87.7 Å². The highest BCUT2D eigenvalue weighted by Crippen LogP contribution is 2.51. The molecule has 0 aromatic carbocycles. The number of likely N-dealkylation sites (N-methyl/N-ethyl adjacent to an activating group) is 1. The summed E-state index contributed by atoms with van der Waals surface area (Å²) in [4.78, 5) is 40.4. The zero-order valence-electron chi connectivity index (χ0n) is 14.9. The van der Waals surface area contributed by atoms with Gasteiger partial charge in [0.15, 0.2) is 0 Å². The lowest BCUT2D eigenvalue weighted by Crippen LogP contribution is -2.53. The standard InChI is InChI=1S/C19H21N3O4S/c1-22-9-19-7-6-11(26-19)14(15(19)18(22)25)17(24)20-10-4-5-13(23)21-16(10)12-3-2-8-27-12/h2-3,6-8,10-11,14-16H,4-5,9H2,1H3,(H,20,24)(H,21,23)/t10-,11?,14?,15?,16-,19?/m1/s1. The summed E-state index contributed by atoms with van der Waals surface area (Å²) in [6, 6.07) is 3.47. The van der Waals surface area contributed by atoms with Gasteiger partial charge < -0.3 is 20.3 Å². The lowest BCUT2D eigenvalue weighted by Gasteiger charge is -2.34. The largest absolute Gasteiger partial charge is 0.360 e. The fourth-order valence-corrected chi connectivity index (χ4v) is 5.80. The minimum absolute atomic E-state index is 0.00311. The van der Waals surface area contributed by atoms with Crippen molar-refractivity contribution in [3.05, 3.63) is 34.5 Å². The van der Waals surface area contributed by atoms with Gasteiger partial charge in [0, 0.05) is 18.3 Å². The Kier molecular flexibility index (Phi) is 3.70. The van der Waals surface area contributed by atoms with Gasteiger partial charge in [-0.3, -0.25) is 14.4 Å². The number of likely N-dealkylation sites (tertiary alicyclic amines) is 1. The van der Waals surface area contributed by atoms with Crippen LogP contribution in [0.15, 0.2) is 29.7 Å². The Labute approximate surface area is 160 Å². The summed E-state index contributed by atoms with van der Waals surface area (Å²) in [5.74, 6) is -1.18. The van der Waals surface area contributed by atoms with Gasteiger partial charge in [-0.25, -0.2) is 0 Å². The highest BCUT2D eigenvalue weighted by molar-refractivity contribution is 7.10. The molecule has 1 spiro atoms. The Bertz CT molecular complexity index is 838. The van der Waals surface area contributed by atoms with E-state index in [2.05, 4.69) is 10.6 Å². The van der Waals surface area contributed by atoms with E-state index in [1.54, 1.807) is 23.3 Å². The van der Waals surface area contributed by atoms with Crippen LogP contribution < -0.4 is 10.6 Å². The normalized spacial score (nSPS) is 39.6. The van der Waals surface area contributed by atoms with Gasteiger partial charge in [-0.1, -0.05) is 18.2 Å². The van der Waals surface area contributed by atoms with Crippen molar-refractivity contribution < 1.29 is 19.1 Å². The summed E-state index contributed by atoms with van der Waals surface area (Å²) >= 11 is 1.56. The number of thiophene rings is 1. The Balaban J connectivity index is 1.38. The zero-order valence-corrected chi connectivity index (χ0v) is 15.7. The lowest BCUT2D eigenvalue weighted by molar-refractivity contribution is -0.137. The maximum absolute atomic E-state index is 13.2. The van der Waals surface area contributed by atoms with E-state index in [1.165, 1.54) is 0 Å². The molecule has 3 fully saturated rings. The molecule has 1 aromatic rings. The minimum Gasteiger partial charge on any atom is -0.360 e. The molecule has 2 bridgehead atoms. The molecule has 5 heterocycles. The number of nitrogens with zero attached hydrogens (tertiary/aromatic N) is 1. The molecule has 142 valence electrons. The molecule has 7 nitrogen and oxygen atoms in total. The van der Waals surface area contributed by atoms with Crippen LogP contribution in [0.4, 0.5) is 0 Å². The fraction of sp³-hybridized carbons (Fsp3) is 0.526.